The summed E-state index contributed by atoms with van der Waals surface area (Å²) in [5.74, 6) is 0.865. The van der Waals surface area contributed by atoms with Crippen molar-refractivity contribution in [2.75, 3.05) is 33.2 Å². The van der Waals surface area contributed by atoms with Gasteiger partial charge in [-0.15, -0.1) is 9.24 Å². The van der Waals surface area contributed by atoms with E-state index in [9.17, 15) is 9.18 Å². The van der Waals surface area contributed by atoms with Crippen LogP contribution in [-0.2, 0) is 16.1 Å². The highest BCUT2D eigenvalue weighted by atomic mass is 35.5. The SMILES string of the molecule is C=O.CC.CC.CC(=O)NCc1cc(Cl)ccc1C1CCN(C)CC1.CC(C)(C)N1CCC(c2ccc(P)cc2F)C1. The maximum absolute atomic E-state index is 13.9. The quantitative estimate of drug-likeness (QED) is 0.357. The molecule has 1 N–H and O–H groups in total. The normalized spacial score (nSPS) is 17.2. The molecule has 8 heteroatoms. The van der Waals surface area contributed by atoms with Crippen LogP contribution >= 0.6 is 20.8 Å². The van der Waals surface area contributed by atoms with Crippen molar-refractivity contribution in [2.24, 2.45) is 0 Å². The number of benzene rings is 2. The van der Waals surface area contributed by atoms with E-state index in [2.05, 4.69) is 58.2 Å². The molecule has 0 radical (unpaired) electrons. The van der Waals surface area contributed by atoms with Crippen LogP contribution in [0.4, 0.5) is 4.39 Å². The molecule has 4 rings (SSSR count). The predicted octanol–water partition coefficient (Wildman–Crippen LogP) is 7.57. The van der Waals surface area contributed by atoms with Gasteiger partial charge in [0.25, 0.3) is 0 Å². The van der Waals surface area contributed by atoms with E-state index in [1.54, 1.807) is 13.0 Å². The van der Waals surface area contributed by atoms with E-state index in [0.29, 0.717) is 18.4 Å². The van der Waals surface area contributed by atoms with Crippen LogP contribution in [0.25, 0.3) is 0 Å². The third kappa shape index (κ3) is 13.6. The summed E-state index contributed by atoms with van der Waals surface area (Å²) in [4.78, 5) is 23.9. The van der Waals surface area contributed by atoms with E-state index in [4.69, 9.17) is 16.4 Å². The van der Waals surface area contributed by atoms with Crippen molar-refractivity contribution in [2.45, 2.75) is 98.6 Å². The zero-order chi connectivity index (χ0) is 32.5. The molecule has 2 heterocycles. The molecule has 2 aromatic rings. The molecular formula is C34H56ClFN3O2P. The zero-order valence-corrected chi connectivity index (χ0v) is 29.4. The number of amides is 1. The molecule has 2 saturated heterocycles. The van der Waals surface area contributed by atoms with Crippen LogP contribution in [0.1, 0.15) is 103 Å². The fraction of sp³-hybridized carbons (Fsp3) is 0.588. The molecule has 238 valence electrons. The van der Waals surface area contributed by atoms with Gasteiger partial charge in [0.2, 0.25) is 5.91 Å². The second-order valence-corrected chi connectivity index (χ2v) is 12.3. The Morgan fingerprint density at radius 2 is 1.52 bits per heavy atom. The first-order valence-electron chi connectivity index (χ1n) is 15.2. The number of piperidine rings is 1. The molecule has 2 aliphatic heterocycles. The Balaban J connectivity index is 0.000000682. The van der Waals surface area contributed by atoms with Gasteiger partial charge in [0.1, 0.15) is 12.6 Å². The fourth-order valence-electron chi connectivity index (χ4n) is 5.16. The Bertz CT molecular complexity index is 1060. The van der Waals surface area contributed by atoms with E-state index >= 15 is 0 Å². The van der Waals surface area contributed by atoms with Crippen molar-refractivity contribution in [1.29, 1.82) is 0 Å². The van der Waals surface area contributed by atoms with Gasteiger partial charge < -0.3 is 15.0 Å². The first-order valence-corrected chi connectivity index (χ1v) is 16.2. The Hall–Kier alpha value is -1.85. The summed E-state index contributed by atoms with van der Waals surface area (Å²) >= 11 is 6.07. The van der Waals surface area contributed by atoms with Crippen LogP contribution in [0.5, 0.6) is 0 Å². The Labute approximate surface area is 263 Å². The zero-order valence-electron chi connectivity index (χ0n) is 27.5. The largest absolute Gasteiger partial charge is 0.352 e. The average molecular weight is 624 g/mol. The van der Waals surface area contributed by atoms with Gasteiger partial charge in [-0.3, -0.25) is 9.69 Å². The van der Waals surface area contributed by atoms with E-state index < -0.39 is 0 Å². The lowest BCUT2D eigenvalue weighted by Crippen LogP contribution is -2.39. The van der Waals surface area contributed by atoms with Crippen LogP contribution in [0.3, 0.4) is 0 Å². The minimum Gasteiger partial charge on any atom is -0.352 e. The van der Waals surface area contributed by atoms with Gasteiger partial charge in [-0.2, -0.15) is 0 Å². The molecule has 5 nitrogen and oxygen atoms in total. The van der Waals surface area contributed by atoms with E-state index in [0.717, 1.165) is 54.1 Å². The van der Waals surface area contributed by atoms with Crippen molar-refractivity contribution in [3.8, 4) is 0 Å². The van der Waals surface area contributed by atoms with Crippen LogP contribution < -0.4 is 10.6 Å². The standard InChI is InChI=1S/C15H21ClN2O.C14H21FNP.2C2H6.CH2O/c1-11(19)17-10-13-9-14(16)3-4-15(13)12-5-7-18(2)8-6-12;1-14(2,3)16-7-6-10(9-16)12-5-4-11(17)8-13(12)15;3*1-2/h3-4,9,12H,5-8,10H2,1-2H3,(H,17,19);4-5,8,10H,6-7,9,17H2,1-3H3;2*1-2H3;1H2. The highest BCUT2D eigenvalue weighted by Gasteiger charge is 2.32. The van der Waals surface area contributed by atoms with Crippen LogP contribution in [0, 0.1) is 5.82 Å². The molecule has 42 heavy (non-hydrogen) atoms. The summed E-state index contributed by atoms with van der Waals surface area (Å²) < 4.78 is 13.9. The number of nitrogens with one attached hydrogen (secondary N) is 1. The van der Waals surface area contributed by atoms with Gasteiger partial charge >= 0.3 is 0 Å². The molecule has 0 saturated carbocycles. The molecule has 2 atom stereocenters. The van der Waals surface area contributed by atoms with E-state index in [-0.39, 0.29) is 17.3 Å². The number of nitrogens with zero attached hydrogens (tertiary/aromatic N) is 2. The summed E-state index contributed by atoms with van der Waals surface area (Å²) in [5.41, 5.74) is 3.55. The van der Waals surface area contributed by atoms with Crippen molar-refractivity contribution >= 4 is 38.8 Å². The molecule has 2 fully saturated rings. The first kappa shape index (κ1) is 40.1. The third-order valence-electron chi connectivity index (χ3n) is 7.39. The molecule has 1 amide bonds. The lowest BCUT2D eigenvalue weighted by atomic mass is 9.86. The number of rotatable bonds is 4. The van der Waals surface area contributed by atoms with Crippen molar-refractivity contribution in [3.05, 3.63) is 63.9 Å². The van der Waals surface area contributed by atoms with Gasteiger partial charge in [0.05, 0.1) is 0 Å². The lowest BCUT2D eigenvalue weighted by Gasteiger charge is -2.31. The minimum absolute atomic E-state index is 0.00527. The van der Waals surface area contributed by atoms with Crippen molar-refractivity contribution in [3.63, 3.8) is 0 Å². The summed E-state index contributed by atoms with van der Waals surface area (Å²) in [5, 5.41) is 4.52. The summed E-state index contributed by atoms with van der Waals surface area (Å²) in [6.45, 7) is 23.1. The number of likely N-dealkylation sites (tertiary alicyclic amines) is 2. The van der Waals surface area contributed by atoms with Gasteiger partial charge in [-0.1, -0.05) is 57.5 Å². The second-order valence-electron chi connectivity index (χ2n) is 11.2. The Kier molecular flexibility index (Phi) is 20.0. The molecule has 0 aromatic heterocycles. The van der Waals surface area contributed by atoms with Gasteiger partial charge in [-0.05, 0) is 113 Å². The molecule has 2 aliphatic rings. The average Bonchev–Trinajstić information content (AvgIpc) is 3.47. The van der Waals surface area contributed by atoms with Crippen molar-refractivity contribution < 1.29 is 14.0 Å². The van der Waals surface area contributed by atoms with Crippen molar-refractivity contribution in [1.82, 2.24) is 15.1 Å². The smallest absolute Gasteiger partial charge is 0.217 e. The number of carbonyl (C=O) groups is 2. The topological polar surface area (TPSA) is 52.7 Å². The monoisotopic (exact) mass is 623 g/mol. The van der Waals surface area contributed by atoms with Crippen LogP contribution in [-0.4, -0.2) is 61.3 Å². The van der Waals surface area contributed by atoms with E-state index in [1.807, 2.05) is 58.7 Å². The molecule has 0 aliphatic carbocycles. The third-order valence-corrected chi connectivity index (χ3v) is 7.99. The first-order chi connectivity index (χ1) is 19.9. The summed E-state index contributed by atoms with van der Waals surface area (Å²) in [6, 6.07) is 11.6. The van der Waals surface area contributed by atoms with Crippen LogP contribution in [0.15, 0.2) is 36.4 Å². The summed E-state index contributed by atoms with van der Waals surface area (Å²) in [7, 11) is 4.70. The van der Waals surface area contributed by atoms with Gasteiger partial charge in [0, 0.05) is 36.5 Å². The maximum Gasteiger partial charge on any atom is 0.217 e. The molecule has 2 unspecified atom stereocenters. The fourth-order valence-corrected chi connectivity index (χ4v) is 5.60. The highest BCUT2D eigenvalue weighted by molar-refractivity contribution is 7.27. The van der Waals surface area contributed by atoms with Gasteiger partial charge in [0.15, 0.2) is 0 Å². The molecule has 2 aromatic carbocycles. The molecular weight excluding hydrogens is 568 g/mol. The minimum atomic E-state index is -0.0572. The summed E-state index contributed by atoms with van der Waals surface area (Å²) in [6.07, 6.45) is 3.40. The highest BCUT2D eigenvalue weighted by Crippen LogP contribution is 2.33. The number of hydrogen-bond acceptors (Lipinski definition) is 4. The van der Waals surface area contributed by atoms with Crippen LogP contribution in [0.2, 0.25) is 5.02 Å². The Morgan fingerprint density at radius 1 is 0.976 bits per heavy atom. The number of hydrogen-bond donors (Lipinski definition) is 1. The maximum atomic E-state index is 13.9. The predicted molar refractivity (Wildman–Crippen MR) is 183 cm³/mol. The number of carbonyl (C=O) groups excluding carboxylic acids is 2. The Morgan fingerprint density at radius 3 is 2.02 bits per heavy atom. The number of halogens is 2. The van der Waals surface area contributed by atoms with E-state index in [1.165, 1.54) is 18.4 Å². The van der Waals surface area contributed by atoms with Gasteiger partial charge in [-0.25, -0.2) is 4.39 Å². The molecule has 0 bridgehead atoms. The lowest BCUT2D eigenvalue weighted by molar-refractivity contribution is -0.119. The molecule has 0 spiro atoms. The second kappa shape index (κ2) is 21.0.